The van der Waals surface area contributed by atoms with Crippen LogP contribution in [0.4, 0.5) is 15.3 Å². The van der Waals surface area contributed by atoms with E-state index in [1.807, 2.05) is 56.3 Å². The van der Waals surface area contributed by atoms with Gasteiger partial charge in [-0.15, -0.1) is 0 Å². The Morgan fingerprint density at radius 3 is 2.17 bits per heavy atom. The second-order valence-electron chi connectivity index (χ2n) is 18.2. The number of hydrogen-bond acceptors (Lipinski definition) is 13. The summed E-state index contributed by atoms with van der Waals surface area (Å²) in [5, 5.41) is 33.6. The number of carbonyl (C=O) groups is 8. The molecular formula is C52H64N8O12. The highest BCUT2D eigenvalue weighted by Crippen LogP contribution is 2.34. The summed E-state index contributed by atoms with van der Waals surface area (Å²) in [5.74, 6) is -4.23. The van der Waals surface area contributed by atoms with Crippen molar-refractivity contribution in [2.75, 3.05) is 39.2 Å². The van der Waals surface area contributed by atoms with Gasteiger partial charge >= 0.3 is 24.1 Å². The van der Waals surface area contributed by atoms with E-state index in [0.717, 1.165) is 49.9 Å². The molecule has 5 aromatic carbocycles. The summed E-state index contributed by atoms with van der Waals surface area (Å²) in [6.07, 6.45) is -3.90. The molecule has 5 rings (SSSR count). The zero-order valence-electron chi connectivity index (χ0n) is 41.5. The molecule has 0 aliphatic carbocycles. The molecule has 7 amide bonds. The van der Waals surface area contributed by atoms with Crippen LogP contribution in [0.2, 0.25) is 0 Å². The van der Waals surface area contributed by atoms with Gasteiger partial charge in [0.05, 0.1) is 19.8 Å². The Morgan fingerprint density at radius 1 is 0.806 bits per heavy atom. The van der Waals surface area contributed by atoms with Gasteiger partial charge in [0.1, 0.15) is 24.9 Å². The Hall–Kier alpha value is -7.92. The van der Waals surface area contributed by atoms with Crippen LogP contribution >= 0.6 is 0 Å². The lowest BCUT2D eigenvalue weighted by molar-refractivity contribution is -0.151. The predicted octanol–water partition coefficient (Wildman–Crippen LogP) is 4.07. The molecule has 20 nitrogen and oxygen atoms in total. The van der Waals surface area contributed by atoms with Crippen LogP contribution < -0.4 is 37.6 Å². The van der Waals surface area contributed by atoms with Crippen molar-refractivity contribution in [3.05, 3.63) is 90.0 Å². The zero-order valence-corrected chi connectivity index (χ0v) is 41.5. The minimum Gasteiger partial charge on any atom is -0.466 e. The topological polar surface area (TPSA) is 286 Å². The van der Waals surface area contributed by atoms with Gasteiger partial charge in [0.15, 0.2) is 0 Å². The van der Waals surface area contributed by atoms with Crippen LogP contribution in [0.5, 0.6) is 0 Å². The number of rotatable bonds is 25. The number of aliphatic hydroxyl groups excluding tert-OH is 1. The third kappa shape index (κ3) is 15.3. The average molecular weight is 993 g/mol. The number of hydrogen-bond donors (Lipinski definition) is 8. The molecule has 384 valence electrons. The van der Waals surface area contributed by atoms with Crippen molar-refractivity contribution in [2.45, 2.75) is 97.3 Å². The molecule has 0 bridgehead atoms. The smallest absolute Gasteiger partial charge is 0.411 e. The number of nitrogens with two attached hydrogens (primary N) is 1. The molecule has 5 atom stereocenters. The highest BCUT2D eigenvalue weighted by atomic mass is 16.6. The Bertz CT molecular complexity index is 2700. The number of aliphatic hydroxyl groups is 1. The van der Waals surface area contributed by atoms with E-state index in [4.69, 9.17) is 19.9 Å². The maximum atomic E-state index is 13.9. The maximum Gasteiger partial charge on any atom is 0.411 e. The van der Waals surface area contributed by atoms with Gasteiger partial charge in [0.25, 0.3) is 0 Å². The first-order chi connectivity index (χ1) is 34.3. The number of carbonyl (C=O) groups excluding carboxylic acids is 8. The Morgan fingerprint density at radius 2 is 1.51 bits per heavy atom. The number of esters is 2. The number of benzene rings is 4. The Kier molecular flexibility index (Phi) is 19.7. The van der Waals surface area contributed by atoms with Crippen molar-refractivity contribution in [3.8, 4) is 0 Å². The molecule has 72 heavy (non-hydrogen) atoms. The molecule has 0 spiro atoms. The number of anilines is 1. The van der Waals surface area contributed by atoms with E-state index in [1.54, 1.807) is 13.8 Å². The summed E-state index contributed by atoms with van der Waals surface area (Å²) in [5.41, 5.74) is 6.60. The zero-order chi connectivity index (χ0) is 52.6. The van der Waals surface area contributed by atoms with E-state index in [9.17, 15) is 43.5 Å². The van der Waals surface area contributed by atoms with Gasteiger partial charge in [-0.25, -0.2) is 14.4 Å². The third-order valence-corrected chi connectivity index (χ3v) is 11.6. The molecule has 5 aromatic rings. The first-order valence-corrected chi connectivity index (χ1v) is 23.6. The number of nitrogens with one attached hydrogen (secondary N) is 6. The molecule has 2 unspecified atom stereocenters. The molecule has 20 heteroatoms. The number of amides is 7. The molecule has 0 saturated heterocycles. The van der Waals surface area contributed by atoms with Gasteiger partial charge in [0.2, 0.25) is 29.7 Å². The van der Waals surface area contributed by atoms with Crippen molar-refractivity contribution in [3.63, 3.8) is 0 Å². The molecule has 0 fully saturated rings. The highest BCUT2D eigenvalue weighted by molar-refractivity contribution is 6.22. The van der Waals surface area contributed by atoms with E-state index >= 15 is 0 Å². The van der Waals surface area contributed by atoms with Gasteiger partial charge in [-0.1, -0.05) is 82.3 Å². The van der Waals surface area contributed by atoms with Crippen molar-refractivity contribution < 1.29 is 57.7 Å². The molecule has 0 aliphatic rings. The molecule has 9 N–H and O–H groups in total. The first kappa shape index (κ1) is 55.0. The fraction of sp³-hybridized carbons (Fsp3) is 0.423. The number of nitrogens with zero attached hydrogens (tertiary/aromatic N) is 1. The van der Waals surface area contributed by atoms with E-state index in [1.165, 1.54) is 38.2 Å². The van der Waals surface area contributed by atoms with Gasteiger partial charge in [-0.2, -0.15) is 0 Å². The van der Waals surface area contributed by atoms with Gasteiger partial charge in [0, 0.05) is 66.3 Å². The summed E-state index contributed by atoms with van der Waals surface area (Å²) in [6, 6.07) is 22.1. The van der Waals surface area contributed by atoms with Crippen LogP contribution in [-0.4, -0.2) is 116 Å². The number of primary amides is 1. The summed E-state index contributed by atoms with van der Waals surface area (Å²) in [4.78, 5) is 103. The van der Waals surface area contributed by atoms with Crippen LogP contribution in [0.1, 0.15) is 77.5 Å². The lowest BCUT2D eigenvalue weighted by Gasteiger charge is -2.30. The molecule has 0 heterocycles. The summed E-state index contributed by atoms with van der Waals surface area (Å²) in [6.45, 7) is 8.43. The SMILES string of the molecule is COC(=O)C(OC(=O)N(C)CC(=O)NCc1ccc2c#cc3cccc4ccc1c2c34)c1ccc(NC(O)[C@H](CCCNC(N)=O)NC(=O)[C@@H](NC(=O)[C@H](CCC(=O)OCC(C)C)NC(C)=O)C(C)C)cc1. The average Bonchev–Trinajstić information content (AvgIpc) is 3.34. The number of methoxy groups -OCH3 is 1. The Labute approximate surface area is 417 Å². The van der Waals surface area contributed by atoms with Crippen molar-refractivity contribution in [1.29, 1.82) is 0 Å². The molecule has 0 aromatic heterocycles. The lowest BCUT2D eigenvalue weighted by Crippen LogP contribution is -2.58. The first-order valence-electron chi connectivity index (χ1n) is 23.6. The lowest BCUT2D eigenvalue weighted by atomic mass is 9.93. The molecular weight excluding hydrogens is 929 g/mol. The monoisotopic (exact) mass is 992 g/mol. The van der Waals surface area contributed by atoms with E-state index in [-0.39, 0.29) is 56.9 Å². The fourth-order valence-corrected chi connectivity index (χ4v) is 7.90. The normalized spacial score (nSPS) is 13.2. The van der Waals surface area contributed by atoms with Crippen molar-refractivity contribution >= 4 is 85.7 Å². The number of urea groups is 1. The quantitative estimate of drug-likeness (QED) is 0.0135. The number of ether oxygens (including phenoxy) is 3. The molecule has 0 aliphatic heterocycles. The van der Waals surface area contributed by atoms with Crippen LogP contribution in [-0.2, 0) is 49.5 Å². The largest absolute Gasteiger partial charge is 0.466 e. The van der Waals surface area contributed by atoms with E-state index in [0.29, 0.717) is 5.69 Å². The summed E-state index contributed by atoms with van der Waals surface area (Å²) < 4.78 is 15.7. The second-order valence-corrected chi connectivity index (χ2v) is 18.2. The van der Waals surface area contributed by atoms with Crippen LogP contribution in [0.15, 0.2) is 66.7 Å². The van der Waals surface area contributed by atoms with Crippen molar-refractivity contribution in [1.82, 2.24) is 31.5 Å². The fourth-order valence-electron chi connectivity index (χ4n) is 7.90. The van der Waals surface area contributed by atoms with Gasteiger partial charge < -0.3 is 61.9 Å². The second kappa shape index (κ2) is 25.8. The third-order valence-electron chi connectivity index (χ3n) is 11.6. The minimum absolute atomic E-state index is 0.0886. The van der Waals surface area contributed by atoms with E-state index < -0.39 is 90.6 Å². The van der Waals surface area contributed by atoms with Gasteiger partial charge in [-0.3, -0.25) is 24.0 Å². The van der Waals surface area contributed by atoms with Gasteiger partial charge in [-0.05, 0) is 71.7 Å². The van der Waals surface area contributed by atoms with Crippen LogP contribution in [0.3, 0.4) is 0 Å². The highest BCUT2D eigenvalue weighted by Gasteiger charge is 2.32. The maximum absolute atomic E-state index is 13.9. The van der Waals surface area contributed by atoms with E-state index in [2.05, 4.69) is 44.0 Å². The number of likely N-dealkylation sites (N-methyl/N-ethyl adjacent to an activating group) is 1. The Balaban J connectivity index is 1.21. The summed E-state index contributed by atoms with van der Waals surface area (Å²) >= 11 is 0. The predicted molar refractivity (Wildman–Crippen MR) is 268 cm³/mol. The standard InChI is InChI=1S/C52H64N8O12/c1-29(2)28-71-42(63)24-23-40(56-31(5)61)48(65)59-45(30(3)4)49(66)58-39(12-9-25-54-51(53)68)47(64)57-37-20-17-35(18-21-37)46(50(67)70-7)72-52(69)60(6)27-41(62)55-26-36-16-15-34-14-13-32-10-8-11-33-19-22-38(36)44(34)43(32)33/h8,10-11,15-22,29-30,39-40,45-47,57,64H,9,12,23-28H2,1-7H3,(H,55,62)(H,56,61)(H,58,66)(H,59,65)(H3,53,54,68)/t39-,40-,45-,46?,47?/m0/s1. The molecule has 0 radical (unpaired) electrons. The van der Waals surface area contributed by atoms with Crippen LogP contribution in [0, 0.1) is 24.0 Å². The van der Waals surface area contributed by atoms with Crippen LogP contribution in [0.25, 0.3) is 32.3 Å². The molecule has 0 saturated carbocycles. The summed E-state index contributed by atoms with van der Waals surface area (Å²) in [7, 11) is 2.47. The minimum atomic E-state index is -1.55. The van der Waals surface area contributed by atoms with Crippen molar-refractivity contribution in [2.24, 2.45) is 17.6 Å².